The van der Waals surface area contributed by atoms with E-state index in [4.69, 9.17) is 4.74 Å². The van der Waals surface area contributed by atoms with E-state index >= 15 is 0 Å². The Morgan fingerprint density at radius 2 is 1.47 bits per heavy atom. The summed E-state index contributed by atoms with van der Waals surface area (Å²) in [7, 11) is -2.28. The Morgan fingerprint density at radius 3 is 2.00 bits per heavy atom. The first-order chi connectivity index (χ1) is 14.4. The van der Waals surface area contributed by atoms with Crippen molar-refractivity contribution in [3.05, 3.63) is 60.7 Å². The van der Waals surface area contributed by atoms with Crippen molar-refractivity contribution < 1.29 is 22.7 Å². The predicted octanol–water partition coefficient (Wildman–Crippen LogP) is 2.81. The zero-order valence-electron chi connectivity index (χ0n) is 16.2. The molecule has 2 aliphatic carbocycles. The third kappa shape index (κ3) is 2.82. The van der Waals surface area contributed by atoms with Crippen LogP contribution in [0, 0.1) is 23.7 Å². The summed E-state index contributed by atoms with van der Waals surface area (Å²) >= 11 is 0. The number of carbonyl (C=O) groups excluding carboxylic acids is 2. The minimum Gasteiger partial charge on any atom is -0.497 e. The Hall–Kier alpha value is -3.13. The van der Waals surface area contributed by atoms with E-state index in [1.165, 1.54) is 36.3 Å². The standard InChI is InChI=1S/C22H20N2O5S/c1-29-17-8-4-15(5-9-17)23-30(27,28)18-10-6-16(7-11-18)24-21(25)19-13-2-3-14(12-13)20(19)22(24)26/h2-11,13-14,19-20,23H,12H2,1H3/t13-,14+,19-,20+. The molecule has 2 fully saturated rings. The van der Waals surface area contributed by atoms with Crippen LogP contribution in [0.15, 0.2) is 65.6 Å². The average Bonchev–Trinajstić information content (AvgIpc) is 3.42. The average molecular weight is 424 g/mol. The van der Waals surface area contributed by atoms with Crippen molar-refractivity contribution in [3.63, 3.8) is 0 Å². The molecular formula is C22H20N2O5S. The Kier molecular flexibility index (Phi) is 4.21. The lowest BCUT2D eigenvalue weighted by Gasteiger charge is -2.17. The molecule has 30 heavy (non-hydrogen) atoms. The molecule has 1 N–H and O–H groups in total. The van der Waals surface area contributed by atoms with Crippen molar-refractivity contribution in [2.24, 2.45) is 23.7 Å². The van der Waals surface area contributed by atoms with Gasteiger partial charge in [-0.25, -0.2) is 8.42 Å². The van der Waals surface area contributed by atoms with Gasteiger partial charge in [-0.05, 0) is 66.8 Å². The fourth-order valence-corrected chi connectivity index (χ4v) is 5.86. The number of hydrogen-bond acceptors (Lipinski definition) is 5. The SMILES string of the molecule is COc1ccc(NS(=O)(=O)c2ccc(N3C(=O)[C@@H]4[C@H](C3=O)[C@@H]3C=C[C@H]4C3)cc2)cc1. The molecule has 3 aliphatic rings. The van der Waals surface area contributed by atoms with Crippen molar-refractivity contribution in [2.75, 3.05) is 16.7 Å². The quantitative estimate of drug-likeness (QED) is 0.589. The molecule has 1 saturated heterocycles. The summed E-state index contributed by atoms with van der Waals surface area (Å²) in [6.07, 6.45) is 4.96. The topological polar surface area (TPSA) is 92.8 Å². The van der Waals surface area contributed by atoms with Crippen LogP contribution in [-0.4, -0.2) is 27.3 Å². The zero-order chi connectivity index (χ0) is 21.0. The molecule has 0 aromatic heterocycles. The fraction of sp³-hybridized carbons (Fsp3) is 0.273. The minimum absolute atomic E-state index is 0.0445. The number of methoxy groups -OCH3 is 1. The maximum absolute atomic E-state index is 12.9. The van der Waals surface area contributed by atoms with Crippen molar-refractivity contribution in [3.8, 4) is 5.75 Å². The van der Waals surface area contributed by atoms with E-state index in [0.29, 0.717) is 17.1 Å². The number of rotatable bonds is 5. The van der Waals surface area contributed by atoms with Gasteiger partial charge in [0.1, 0.15) is 5.75 Å². The van der Waals surface area contributed by atoms with Gasteiger partial charge in [0.15, 0.2) is 0 Å². The molecule has 1 saturated carbocycles. The van der Waals surface area contributed by atoms with Crippen molar-refractivity contribution >= 4 is 33.2 Å². The van der Waals surface area contributed by atoms with Crippen LogP contribution in [0.3, 0.4) is 0 Å². The summed E-state index contributed by atoms with van der Waals surface area (Å²) in [5.41, 5.74) is 0.808. The predicted molar refractivity (Wildman–Crippen MR) is 110 cm³/mol. The lowest BCUT2D eigenvalue weighted by atomic mass is 9.85. The smallest absolute Gasteiger partial charge is 0.261 e. The summed E-state index contributed by atoms with van der Waals surface area (Å²) in [6, 6.07) is 12.4. The van der Waals surface area contributed by atoms with Crippen LogP contribution in [0.25, 0.3) is 0 Å². The molecule has 154 valence electrons. The Balaban J connectivity index is 1.36. The van der Waals surface area contributed by atoms with Gasteiger partial charge < -0.3 is 4.74 Å². The number of sulfonamides is 1. The van der Waals surface area contributed by atoms with E-state index in [0.717, 1.165) is 6.42 Å². The second-order valence-corrected chi connectivity index (χ2v) is 9.52. The van der Waals surface area contributed by atoms with Crippen LogP contribution in [0.5, 0.6) is 5.75 Å². The molecule has 1 aliphatic heterocycles. The summed E-state index contributed by atoms with van der Waals surface area (Å²) in [5.74, 6) is -0.0526. The van der Waals surface area contributed by atoms with Gasteiger partial charge in [-0.15, -0.1) is 0 Å². The van der Waals surface area contributed by atoms with Crippen LogP contribution in [0.4, 0.5) is 11.4 Å². The number of hydrogen-bond donors (Lipinski definition) is 1. The fourth-order valence-electron chi connectivity index (χ4n) is 4.80. The number of allylic oxidation sites excluding steroid dienone is 2. The second kappa shape index (κ2) is 6.70. The molecule has 0 spiro atoms. The molecular weight excluding hydrogens is 404 g/mol. The third-order valence-corrected chi connectivity index (χ3v) is 7.61. The lowest BCUT2D eigenvalue weighted by molar-refractivity contribution is -0.123. The molecule has 4 atom stereocenters. The van der Waals surface area contributed by atoms with Crippen LogP contribution >= 0.6 is 0 Å². The number of imide groups is 1. The van der Waals surface area contributed by atoms with E-state index in [1.54, 1.807) is 24.3 Å². The second-order valence-electron chi connectivity index (χ2n) is 7.84. The van der Waals surface area contributed by atoms with E-state index in [2.05, 4.69) is 4.72 Å². The third-order valence-electron chi connectivity index (χ3n) is 6.22. The summed E-state index contributed by atoms with van der Waals surface area (Å²) in [4.78, 5) is 27.0. The van der Waals surface area contributed by atoms with Gasteiger partial charge in [-0.2, -0.15) is 0 Å². The lowest BCUT2D eigenvalue weighted by Crippen LogP contribution is -2.32. The molecule has 2 aromatic rings. The Bertz CT molecular complexity index is 1130. The van der Waals surface area contributed by atoms with Crippen LogP contribution < -0.4 is 14.4 Å². The van der Waals surface area contributed by atoms with Gasteiger partial charge in [-0.1, -0.05) is 12.2 Å². The molecule has 2 amide bonds. The number of benzene rings is 2. The number of nitrogens with zero attached hydrogens (tertiary/aromatic N) is 1. The Morgan fingerprint density at radius 1 is 0.900 bits per heavy atom. The number of ether oxygens (including phenoxy) is 1. The van der Waals surface area contributed by atoms with Gasteiger partial charge in [0.25, 0.3) is 10.0 Å². The van der Waals surface area contributed by atoms with Crippen LogP contribution in [0.1, 0.15) is 6.42 Å². The number of carbonyl (C=O) groups is 2. The maximum atomic E-state index is 12.9. The molecule has 2 aromatic carbocycles. The summed E-state index contributed by atoms with van der Waals surface area (Å²) < 4.78 is 32.9. The van der Waals surface area contributed by atoms with E-state index in [9.17, 15) is 18.0 Å². The first kappa shape index (κ1) is 18.9. The highest BCUT2D eigenvalue weighted by molar-refractivity contribution is 7.92. The minimum atomic E-state index is -3.81. The highest BCUT2D eigenvalue weighted by Gasteiger charge is 2.59. The highest BCUT2D eigenvalue weighted by atomic mass is 32.2. The number of fused-ring (bicyclic) bond motifs is 5. The zero-order valence-corrected chi connectivity index (χ0v) is 17.0. The molecule has 5 rings (SSSR count). The summed E-state index contributed by atoms with van der Waals surface area (Å²) in [6.45, 7) is 0. The summed E-state index contributed by atoms with van der Waals surface area (Å²) in [5, 5.41) is 0. The molecule has 2 bridgehead atoms. The van der Waals surface area contributed by atoms with Gasteiger partial charge in [0, 0.05) is 5.69 Å². The normalized spacial score (nSPS) is 26.9. The first-order valence-corrected chi connectivity index (χ1v) is 11.2. The van der Waals surface area contributed by atoms with E-state index in [-0.39, 0.29) is 40.4 Å². The van der Waals surface area contributed by atoms with Crippen molar-refractivity contribution in [2.45, 2.75) is 11.3 Å². The monoisotopic (exact) mass is 424 g/mol. The van der Waals surface area contributed by atoms with Gasteiger partial charge in [0.2, 0.25) is 11.8 Å². The van der Waals surface area contributed by atoms with Crippen molar-refractivity contribution in [1.29, 1.82) is 0 Å². The first-order valence-electron chi connectivity index (χ1n) is 9.72. The highest BCUT2D eigenvalue weighted by Crippen LogP contribution is 2.53. The van der Waals surface area contributed by atoms with Gasteiger partial charge >= 0.3 is 0 Å². The molecule has 7 nitrogen and oxygen atoms in total. The Labute approximate surface area is 174 Å². The maximum Gasteiger partial charge on any atom is 0.261 e. The van der Waals surface area contributed by atoms with E-state index in [1.807, 2.05) is 12.2 Å². The van der Waals surface area contributed by atoms with E-state index < -0.39 is 10.0 Å². The number of anilines is 2. The number of nitrogens with one attached hydrogen (secondary N) is 1. The van der Waals surface area contributed by atoms with Gasteiger partial charge in [0.05, 0.1) is 29.5 Å². The van der Waals surface area contributed by atoms with Crippen LogP contribution in [0.2, 0.25) is 0 Å². The van der Waals surface area contributed by atoms with Crippen LogP contribution in [-0.2, 0) is 19.6 Å². The molecule has 0 unspecified atom stereocenters. The largest absolute Gasteiger partial charge is 0.497 e. The molecule has 8 heteroatoms. The van der Waals surface area contributed by atoms with Crippen molar-refractivity contribution in [1.82, 2.24) is 0 Å². The van der Waals surface area contributed by atoms with Gasteiger partial charge in [-0.3, -0.25) is 19.2 Å². The number of amides is 2. The molecule has 0 radical (unpaired) electrons. The molecule has 1 heterocycles.